The summed E-state index contributed by atoms with van der Waals surface area (Å²) in [7, 11) is 0. The molecule has 18 heavy (non-hydrogen) atoms. The Labute approximate surface area is 110 Å². The summed E-state index contributed by atoms with van der Waals surface area (Å²) in [5.74, 6) is 0.0252. The molecule has 0 unspecified atom stereocenters. The van der Waals surface area contributed by atoms with Crippen LogP contribution in [-0.4, -0.2) is 45.2 Å². The lowest BCUT2D eigenvalue weighted by Crippen LogP contribution is -2.37. The topological polar surface area (TPSA) is 56.8 Å². The molecule has 0 spiro atoms. The molecule has 1 amide bonds. The van der Waals surface area contributed by atoms with E-state index in [9.17, 15) is 4.79 Å². The molecule has 0 aromatic heterocycles. The lowest BCUT2D eigenvalue weighted by Gasteiger charge is -2.19. The SMILES string of the molecule is CCOC(COCCNC(=O)C(C)(C)C)OCC. The molecule has 0 heterocycles. The van der Waals surface area contributed by atoms with Gasteiger partial charge in [0.25, 0.3) is 0 Å². The normalized spacial score (nSPS) is 11.9. The molecular weight excluding hydrogens is 234 g/mol. The van der Waals surface area contributed by atoms with Crippen molar-refractivity contribution >= 4 is 5.91 Å². The number of nitrogens with one attached hydrogen (secondary N) is 1. The summed E-state index contributed by atoms with van der Waals surface area (Å²) in [5.41, 5.74) is -0.362. The van der Waals surface area contributed by atoms with Crippen molar-refractivity contribution in [3.05, 3.63) is 0 Å². The first-order chi connectivity index (χ1) is 8.41. The first-order valence-corrected chi connectivity index (χ1v) is 6.51. The van der Waals surface area contributed by atoms with Crippen LogP contribution >= 0.6 is 0 Å². The van der Waals surface area contributed by atoms with Crippen LogP contribution in [-0.2, 0) is 19.0 Å². The highest BCUT2D eigenvalue weighted by atomic mass is 16.7. The second-order valence-electron chi connectivity index (χ2n) is 4.92. The van der Waals surface area contributed by atoms with Crippen molar-refractivity contribution in [2.75, 3.05) is 33.0 Å². The average Bonchev–Trinajstić information content (AvgIpc) is 2.27. The van der Waals surface area contributed by atoms with Gasteiger partial charge in [-0.05, 0) is 13.8 Å². The fraction of sp³-hybridized carbons (Fsp3) is 0.923. The van der Waals surface area contributed by atoms with Gasteiger partial charge in [0.15, 0.2) is 6.29 Å². The van der Waals surface area contributed by atoms with Gasteiger partial charge in [0, 0.05) is 25.2 Å². The van der Waals surface area contributed by atoms with Crippen molar-refractivity contribution in [1.82, 2.24) is 5.32 Å². The summed E-state index contributed by atoms with van der Waals surface area (Å²) in [6, 6.07) is 0. The highest BCUT2D eigenvalue weighted by Crippen LogP contribution is 2.11. The van der Waals surface area contributed by atoms with E-state index in [4.69, 9.17) is 14.2 Å². The molecule has 0 aliphatic rings. The largest absolute Gasteiger partial charge is 0.374 e. The molecule has 0 aromatic rings. The zero-order valence-electron chi connectivity index (χ0n) is 12.2. The molecule has 1 N–H and O–H groups in total. The number of amides is 1. The fourth-order valence-corrected chi connectivity index (χ4v) is 1.20. The Kier molecular flexibility index (Phi) is 8.97. The first kappa shape index (κ1) is 17.4. The molecule has 0 saturated carbocycles. The summed E-state index contributed by atoms with van der Waals surface area (Å²) in [4.78, 5) is 11.6. The van der Waals surface area contributed by atoms with E-state index in [0.717, 1.165) is 0 Å². The summed E-state index contributed by atoms with van der Waals surface area (Å²) >= 11 is 0. The van der Waals surface area contributed by atoms with E-state index in [1.165, 1.54) is 0 Å². The Morgan fingerprint density at radius 3 is 2.17 bits per heavy atom. The van der Waals surface area contributed by atoms with Gasteiger partial charge in [-0.25, -0.2) is 0 Å². The number of carbonyl (C=O) groups is 1. The molecule has 0 aromatic carbocycles. The molecule has 5 heteroatoms. The summed E-state index contributed by atoms with van der Waals surface area (Å²) < 4.78 is 16.1. The highest BCUT2D eigenvalue weighted by Gasteiger charge is 2.20. The predicted molar refractivity (Wildman–Crippen MR) is 70.3 cm³/mol. The average molecular weight is 261 g/mol. The zero-order valence-corrected chi connectivity index (χ0v) is 12.2. The van der Waals surface area contributed by atoms with Gasteiger partial charge in [-0.15, -0.1) is 0 Å². The van der Waals surface area contributed by atoms with E-state index >= 15 is 0 Å². The minimum absolute atomic E-state index is 0.0252. The zero-order chi connectivity index (χ0) is 14.0. The van der Waals surface area contributed by atoms with Crippen LogP contribution in [0.2, 0.25) is 0 Å². The second kappa shape index (κ2) is 9.30. The van der Waals surface area contributed by atoms with Gasteiger partial charge in [-0.3, -0.25) is 4.79 Å². The van der Waals surface area contributed by atoms with E-state index < -0.39 is 0 Å². The summed E-state index contributed by atoms with van der Waals surface area (Å²) in [5, 5.41) is 2.81. The number of ether oxygens (including phenoxy) is 3. The fourth-order valence-electron chi connectivity index (χ4n) is 1.20. The molecule has 0 atom stereocenters. The number of hydrogen-bond acceptors (Lipinski definition) is 4. The van der Waals surface area contributed by atoms with Crippen LogP contribution in [0.15, 0.2) is 0 Å². The van der Waals surface area contributed by atoms with Crippen LogP contribution < -0.4 is 5.32 Å². The van der Waals surface area contributed by atoms with Gasteiger partial charge in [-0.1, -0.05) is 20.8 Å². The van der Waals surface area contributed by atoms with Crippen molar-refractivity contribution in [2.24, 2.45) is 5.41 Å². The third-order valence-corrected chi connectivity index (χ3v) is 2.17. The molecule has 0 radical (unpaired) electrons. The Hall–Kier alpha value is -0.650. The quantitative estimate of drug-likeness (QED) is 0.505. The number of carbonyl (C=O) groups excluding carboxylic acids is 1. The second-order valence-corrected chi connectivity index (χ2v) is 4.92. The first-order valence-electron chi connectivity index (χ1n) is 6.51. The molecular formula is C13H27NO4. The van der Waals surface area contributed by atoms with Gasteiger partial charge in [0.2, 0.25) is 5.91 Å². The minimum Gasteiger partial charge on any atom is -0.374 e. The molecule has 5 nitrogen and oxygen atoms in total. The third kappa shape index (κ3) is 8.44. The van der Waals surface area contributed by atoms with E-state index in [1.54, 1.807) is 0 Å². The standard InChI is InChI=1S/C13H27NO4/c1-6-17-11(18-7-2)10-16-9-8-14-12(15)13(3,4)5/h11H,6-10H2,1-5H3,(H,14,15). The van der Waals surface area contributed by atoms with Crippen molar-refractivity contribution in [1.29, 1.82) is 0 Å². The maximum atomic E-state index is 11.6. The molecule has 0 rings (SSSR count). The molecule has 108 valence electrons. The number of hydrogen-bond donors (Lipinski definition) is 1. The summed E-state index contributed by atoms with van der Waals surface area (Å²) in [6.07, 6.45) is -0.321. The van der Waals surface area contributed by atoms with Crippen molar-refractivity contribution < 1.29 is 19.0 Å². The number of rotatable bonds is 9. The van der Waals surface area contributed by atoms with Gasteiger partial charge in [-0.2, -0.15) is 0 Å². The van der Waals surface area contributed by atoms with Crippen LogP contribution in [0, 0.1) is 5.41 Å². The maximum absolute atomic E-state index is 11.6. The van der Waals surface area contributed by atoms with E-state index in [-0.39, 0.29) is 17.6 Å². The Balaban J connectivity index is 3.63. The molecule has 0 aliphatic heterocycles. The maximum Gasteiger partial charge on any atom is 0.225 e. The Morgan fingerprint density at radius 2 is 1.72 bits per heavy atom. The van der Waals surface area contributed by atoms with Crippen LogP contribution in [0.25, 0.3) is 0 Å². The van der Waals surface area contributed by atoms with Crippen molar-refractivity contribution in [2.45, 2.75) is 40.9 Å². The minimum atomic E-state index is -0.362. The highest BCUT2D eigenvalue weighted by molar-refractivity contribution is 5.81. The van der Waals surface area contributed by atoms with E-state index in [1.807, 2.05) is 34.6 Å². The van der Waals surface area contributed by atoms with Crippen LogP contribution in [0.4, 0.5) is 0 Å². The smallest absolute Gasteiger partial charge is 0.225 e. The van der Waals surface area contributed by atoms with Gasteiger partial charge in [0.1, 0.15) is 0 Å². The Bertz CT molecular complexity index is 220. The van der Waals surface area contributed by atoms with Crippen molar-refractivity contribution in [3.63, 3.8) is 0 Å². The monoisotopic (exact) mass is 261 g/mol. The van der Waals surface area contributed by atoms with Gasteiger partial charge >= 0.3 is 0 Å². The van der Waals surface area contributed by atoms with Crippen LogP contribution in [0.5, 0.6) is 0 Å². The lowest BCUT2D eigenvalue weighted by atomic mass is 9.96. The predicted octanol–water partition coefficient (Wildman–Crippen LogP) is 1.56. The van der Waals surface area contributed by atoms with Gasteiger partial charge in [0.05, 0.1) is 13.2 Å². The summed E-state index contributed by atoms with van der Waals surface area (Å²) in [6.45, 7) is 12.0. The van der Waals surface area contributed by atoms with Crippen LogP contribution in [0.1, 0.15) is 34.6 Å². The molecule has 0 fully saturated rings. The lowest BCUT2D eigenvalue weighted by molar-refractivity contribution is -0.167. The van der Waals surface area contributed by atoms with Crippen molar-refractivity contribution in [3.8, 4) is 0 Å². The molecule has 0 bridgehead atoms. The molecule has 0 aliphatic carbocycles. The van der Waals surface area contributed by atoms with E-state index in [2.05, 4.69) is 5.32 Å². The van der Waals surface area contributed by atoms with Gasteiger partial charge < -0.3 is 19.5 Å². The third-order valence-electron chi connectivity index (χ3n) is 2.17. The van der Waals surface area contributed by atoms with E-state index in [0.29, 0.717) is 33.0 Å². The Morgan fingerprint density at radius 1 is 1.17 bits per heavy atom. The van der Waals surface area contributed by atoms with Crippen LogP contribution in [0.3, 0.4) is 0 Å². The molecule has 0 saturated heterocycles.